The number of urea groups is 1. The number of nitrogens with zero attached hydrogens (tertiary/aromatic N) is 2. The zero-order valence-corrected chi connectivity index (χ0v) is 12.5. The van der Waals surface area contributed by atoms with Gasteiger partial charge in [0.1, 0.15) is 0 Å². The number of hydrogen-bond acceptors (Lipinski definition) is 5. The summed E-state index contributed by atoms with van der Waals surface area (Å²) in [7, 11) is 0. The average molecular weight is 296 g/mol. The zero-order valence-electron chi connectivity index (χ0n) is 12.5. The summed E-state index contributed by atoms with van der Waals surface area (Å²) in [6.45, 7) is 5.48. The molecule has 1 aliphatic heterocycles. The zero-order chi connectivity index (χ0) is 15.1. The molecule has 0 aliphatic carbocycles. The fourth-order valence-electron chi connectivity index (χ4n) is 2.50. The highest BCUT2D eigenvalue weighted by molar-refractivity contribution is 5.74. The largest absolute Gasteiger partial charge is 0.382 e. The molecule has 0 bridgehead atoms. The van der Waals surface area contributed by atoms with Crippen LogP contribution < -0.4 is 11.1 Å². The van der Waals surface area contributed by atoms with E-state index in [1.165, 1.54) is 0 Å². The lowest BCUT2D eigenvalue weighted by Gasteiger charge is -2.31. The molecule has 1 saturated heterocycles. The number of nitrogens with one attached hydrogen (secondary N) is 1. The smallest absolute Gasteiger partial charge is 0.317 e. The summed E-state index contributed by atoms with van der Waals surface area (Å²) in [4.78, 5) is 13.8. The number of carbonyl (C=O) groups is 1. The number of nitrogen functional groups attached to an aromatic ring is 1. The quantitative estimate of drug-likeness (QED) is 0.777. The van der Waals surface area contributed by atoms with Crippen molar-refractivity contribution in [2.45, 2.75) is 32.1 Å². The molecule has 2 amide bonds. The van der Waals surface area contributed by atoms with Gasteiger partial charge in [0.15, 0.2) is 0 Å². The number of aromatic nitrogens is 1. The average Bonchev–Trinajstić information content (AvgIpc) is 2.93. The summed E-state index contributed by atoms with van der Waals surface area (Å²) in [5.74, 6) is 0.674. The first-order valence-electron chi connectivity index (χ1n) is 7.53. The molecule has 0 aromatic carbocycles. The van der Waals surface area contributed by atoms with E-state index in [9.17, 15) is 4.79 Å². The van der Waals surface area contributed by atoms with Crippen LogP contribution in [0, 0.1) is 0 Å². The Balaban J connectivity index is 1.67. The first kappa shape index (κ1) is 15.6. The molecule has 0 unspecified atom stereocenters. The molecule has 0 radical (unpaired) electrons. The van der Waals surface area contributed by atoms with Gasteiger partial charge in [-0.15, -0.1) is 0 Å². The van der Waals surface area contributed by atoms with Crippen LogP contribution in [-0.4, -0.2) is 48.9 Å². The van der Waals surface area contributed by atoms with Gasteiger partial charge in [0.2, 0.25) is 5.88 Å². The number of rotatable bonds is 6. The lowest BCUT2D eigenvalue weighted by Crippen LogP contribution is -2.44. The van der Waals surface area contributed by atoms with Crippen molar-refractivity contribution >= 4 is 11.9 Å². The molecule has 0 spiro atoms. The third-order valence-corrected chi connectivity index (χ3v) is 3.69. The van der Waals surface area contributed by atoms with Crippen molar-refractivity contribution in [2.24, 2.45) is 0 Å². The maximum Gasteiger partial charge on any atom is 0.317 e. The van der Waals surface area contributed by atoms with Crippen LogP contribution in [0.2, 0.25) is 0 Å². The Kier molecular flexibility index (Phi) is 5.86. The number of ether oxygens (including phenoxy) is 1. The van der Waals surface area contributed by atoms with Crippen LogP contribution in [0.3, 0.4) is 0 Å². The van der Waals surface area contributed by atoms with E-state index in [0.29, 0.717) is 31.6 Å². The molecule has 1 aromatic heterocycles. The van der Waals surface area contributed by atoms with Gasteiger partial charge in [-0.25, -0.2) is 4.79 Å². The minimum atomic E-state index is 0.00427. The highest BCUT2D eigenvalue weighted by Crippen LogP contribution is 2.28. The summed E-state index contributed by atoms with van der Waals surface area (Å²) in [5.41, 5.74) is 6.43. The number of nitrogens with two attached hydrogens (primary N) is 1. The van der Waals surface area contributed by atoms with Crippen LogP contribution in [0.25, 0.3) is 0 Å². The molecule has 1 fully saturated rings. The number of likely N-dealkylation sites (tertiary alicyclic amines) is 1. The molecule has 3 N–H and O–H groups in total. The summed E-state index contributed by atoms with van der Waals surface area (Å²) in [5, 5.41) is 6.88. The van der Waals surface area contributed by atoms with Crippen LogP contribution in [-0.2, 0) is 4.74 Å². The maximum absolute atomic E-state index is 12.0. The van der Waals surface area contributed by atoms with E-state index in [1.807, 2.05) is 11.8 Å². The third kappa shape index (κ3) is 4.63. The van der Waals surface area contributed by atoms with Crippen LogP contribution in [0.1, 0.15) is 37.8 Å². The van der Waals surface area contributed by atoms with Crippen molar-refractivity contribution in [3.8, 4) is 0 Å². The normalized spacial score (nSPS) is 16.1. The van der Waals surface area contributed by atoms with E-state index in [2.05, 4.69) is 10.5 Å². The fraction of sp³-hybridized carbons (Fsp3) is 0.714. The predicted octanol–water partition coefficient (Wildman–Crippen LogP) is 1.57. The first-order valence-corrected chi connectivity index (χ1v) is 7.53. The molecule has 2 heterocycles. The van der Waals surface area contributed by atoms with E-state index in [0.717, 1.165) is 38.0 Å². The van der Waals surface area contributed by atoms with E-state index >= 15 is 0 Å². The fourth-order valence-corrected chi connectivity index (χ4v) is 2.50. The number of amides is 2. The van der Waals surface area contributed by atoms with E-state index in [4.69, 9.17) is 15.0 Å². The van der Waals surface area contributed by atoms with Crippen molar-refractivity contribution in [3.63, 3.8) is 0 Å². The van der Waals surface area contributed by atoms with Gasteiger partial charge in [-0.2, -0.15) is 0 Å². The molecule has 7 nitrogen and oxygen atoms in total. The standard InChI is InChI=1S/C14H24N4O3/c1-2-20-9-3-6-16-14(19)18-7-4-11(5-8-18)12-10-13(15)21-17-12/h10-11H,2-9,15H2,1H3,(H,16,19). The Morgan fingerprint density at radius 3 is 2.95 bits per heavy atom. The molecule has 0 saturated carbocycles. The summed E-state index contributed by atoms with van der Waals surface area (Å²) >= 11 is 0. The second kappa shape index (κ2) is 7.87. The lowest BCUT2D eigenvalue weighted by molar-refractivity contribution is 0.143. The molecular formula is C14H24N4O3. The number of carbonyl (C=O) groups excluding carboxylic acids is 1. The maximum atomic E-state index is 12.0. The molecule has 0 atom stereocenters. The van der Waals surface area contributed by atoms with Gasteiger partial charge < -0.3 is 25.2 Å². The Hall–Kier alpha value is -1.76. The Labute approximate surface area is 124 Å². The topological polar surface area (TPSA) is 93.6 Å². The van der Waals surface area contributed by atoms with Gasteiger partial charge in [-0.1, -0.05) is 5.16 Å². The Morgan fingerprint density at radius 2 is 2.33 bits per heavy atom. The lowest BCUT2D eigenvalue weighted by atomic mass is 9.94. The molecule has 1 aliphatic rings. The van der Waals surface area contributed by atoms with Crippen LogP contribution in [0.5, 0.6) is 0 Å². The molecule has 7 heteroatoms. The molecule has 118 valence electrons. The van der Waals surface area contributed by atoms with Crippen LogP contribution >= 0.6 is 0 Å². The number of hydrogen-bond donors (Lipinski definition) is 2. The number of anilines is 1. The molecular weight excluding hydrogens is 272 g/mol. The van der Waals surface area contributed by atoms with E-state index in [-0.39, 0.29) is 6.03 Å². The minimum Gasteiger partial charge on any atom is -0.382 e. The van der Waals surface area contributed by atoms with E-state index in [1.54, 1.807) is 6.07 Å². The van der Waals surface area contributed by atoms with Gasteiger partial charge in [-0.3, -0.25) is 0 Å². The highest BCUT2D eigenvalue weighted by Gasteiger charge is 2.25. The van der Waals surface area contributed by atoms with Gasteiger partial charge >= 0.3 is 6.03 Å². The Morgan fingerprint density at radius 1 is 1.57 bits per heavy atom. The van der Waals surface area contributed by atoms with Gasteiger partial charge in [0.05, 0.1) is 5.69 Å². The third-order valence-electron chi connectivity index (χ3n) is 3.69. The molecule has 21 heavy (non-hydrogen) atoms. The summed E-state index contributed by atoms with van der Waals surface area (Å²) in [6, 6.07) is 1.78. The highest BCUT2D eigenvalue weighted by atomic mass is 16.5. The van der Waals surface area contributed by atoms with Crippen molar-refractivity contribution in [3.05, 3.63) is 11.8 Å². The minimum absolute atomic E-state index is 0.00427. The molecule has 1 aromatic rings. The monoisotopic (exact) mass is 296 g/mol. The van der Waals surface area contributed by atoms with Crippen molar-refractivity contribution < 1.29 is 14.1 Å². The van der Waals surface area contributed by atoms with Gasteiger partial charge in [-0.05, 0) is 26.2 Å². The first-order chi connectivity index (χ1) is 10.2. The van der Waals surface area contributed by atoms with Gasteiger partial charge in [0.25, 0.3) is 0 Å². The van der Waals surface area contributed by atoms with Crippen LogP contribution in [0.4, 0.5) is 10.7 Å². The van der Waals surface area contributed by atoms with Crippen molar-refractivity contribution in [1.82, 2.24) is 15.4 Å². The second-order valence-corrected chi connectivity index (χ2v) is 5.20. The summed E-state index contributed by atoms with van der Waals surface area (Å²) < 4.78 is 10.1. The van der Waals surface area contributed by atoms with Crippen molar-refractivity contribution in [2.75, 3.05) is 38.6 Å². The second-order valence-electron chi connectivity index (χ2n) is 5.20. The van der Waals surface area contributed by atoms with Crippen molar-refractivity contribution in [1.29, 1.82) is 0 Å². The van der Waals surface area contributed by atoms with E-state index < -0.39 is 0 Å². The molecule has 2 rings (SSSR count). The van der Waals surface area contributed by atoms with Crippen LogP contribution in [0.15, 0.2) is 10.6 Å². The number of piperidine rings is 1. The SMILES string of the molecule is CCOCCCNC(=O)N1CCC(c2cc(N)on2)CC1. The summed E-state index contributed by atoms with van der Waals surface area (Å²) in [6.07, 6.45) is 2.62. The van der Waals surface area contributed by atoms with Gasteiger partial charge in [0, 0.05) is 44.8 Å². The Bertz CT molecular complexity index is 441. The predicted molar refractivity (Wildman–Crippen MR) is 79.0 cm³/mol.